The second kappa shape index (κ2) is 3.21. The molecule has 1 saturated heterocycles. The van der Waals surface area contributed by atoms with Gasteiger partial charge < -0.3 is 5.73 Å². The molecular weight excluding hydrogens is 172 g/mol. The van der Waals surface area contributed by atoms with Gasteiger partial charge in [-0.05, 0) is 56.5 Å². The molecule has 3 rings (SSSR count). The number of fused-ring (bicyclic) bond motifs is 1. The topological polar surface area (TPSA) is 29.3 Å². The SMILES string of the molecule is NCC1(CN2CCC3CCCC32)CC1. The van der Waals surface area contributed by atoms with Crippen molar-refractivity contribution in [1.29, 1.82) is 0 Å². The lowest BCUT2D eigenvalue weighted by Gasteiger charge is -2.27. The van der Waals surface area contributed by atoms with E-state index in [4.69, 9.17) is 5.73 Å². The lowest BCUT2D eigenvalue weighted by molar-refractivity contribution is 0.197. The fourth-order valence-electron chi connectivity index (χ4n) is 3.56. The van der Waals surface area contributed by atoms with Crippen LogP contribution < -0.4 is 5.73 Å². The summed E-state index contributed by atoms with van der Waals surface area (Å²) >= 11 is 0. The number of nitrogens with zero attached hydrogens (tertiary/aromatic N) is 1. The van der Waals surface area contributed by atoms with Crippen molar-refractivity contribution in [3.63, 3.8) is 0 Å². The van der Waals surface area contributed by atoms with Crippen molar-refractivity contribution < 1.29 is 0 Å². The summed E-state index contributed by atoms with van der Waals surface area (Å²) in [6.45, 7) is 3.59. The number of nitrogens with two attached hydrogens (primary N) is 1. The number of hydrogen-bond donors (Lipinski definition) is 1. The van der Waals surface area contributed by atoms with E-state index in [9.17, 15) is 0 Å². The Labute approximate surface area is 86.8 Å². The second-order valence-corrected chi connectivity index (χ2v) is 5.72. The number of hydrogen-bond acceptors (Lipinski definition) is 2. The first-order valence-corrected chi connectivity index (χ1v) is 6.27. The molecule has 0 bridgehead atoms. The van der Waals surface area contributed by atoms with Crippen molar-refractivity contribution in [2.45, 2.75) is 44.6 Å². The predicted molar refractivity (Wildman–Crippen MR) is 58.0 cm³/mol. The predicted octanol–water partition coefficient (Wildman–Crippen LogP) is 1.60. The van der Waals surface area contributed by atoms with Crippen molar-refractivity contribution in [1.82, 2.24) is 4.90 Å². The molecule has 0 aromatic carbocycles. The fourth-order valence-corrected chi connectivity index (χ4v) is 3.56. The average Bonchev–Trinajstić information content (AvgIpc) is 2.66. The van der Waals surface area contributed by atoms with Crippen LogP contribution in [0.5, 0.6) is 0 Å². The lowest BCUT2D eigenvalue weighted by Crippen LogP contribution is -2.37. The highest BCUT2D eigenvalue weighted by Gasteiger charge is 2.46. The minimum absolute atomic E-state index is 0.553. The molecule has 3 fully saturated rings. The largest absolute Gasteiger partial charge is 0.330 e. The lowest BCUT2D eigenvalue weighted by atomic mass is 10.0. The van der Waals surface area contributed by atoms with Gasteiger partial charge in [-0.3, -0.25) is 4.90 Å². The van der Waals surface area contributed by atoms with Crippen LogP contribution in [0.25, 0.3) is 0 Å². The molecule has 2 N–H and O–H groups in total. The van der Waals surface area contributed by atoms with Gasteiger partial charge in [0.15, 0.2) is 0 Å². The smallest absolute Gasteiger partial charge is 0.0124 e. The molecule has 0 aromatic heterocycles. The summed E-state index contributed by atoms with van der Waals surface area (Å²) in [5.41, 5.74) is 6.41. The number of likely N-dealkylation sites (tertiary alicyclic amines) is 1. The standard InChI is InChI=1S/C12H22N2/c13-8-12(5-6-12)9-14-7-4-10-2-1-3-11(10)14/h10-11H,1-9,13H2. The molecule has 2 heteroatoms. The highest BCUT2D eigenvalue weighted by atomic mass is 15.2. The van der Waals surface area contributed by atoms with E-state index < -0.39 is 0 Å². The van der Waals surface area contributed by atoms with E-state index >= 15 is 0 Å². The molecular formula is C12H22N2. The van der Waals surface area contributed by atoms with Gasteiger partial charge in [-0.15, -0.1) is 0 Å². The first-order valence-electron chi connectivity index (χ1n) is 6.27. The molecule has 0 spiro atoms. The van der Waals surface area contributed by atoms with Crippen LogP contribution in [0.3, 0.4) is 0 Å². The first kappa shape index (κ1) is 9.17. The molecule has 2 atom stereocenters. The zero-order valence-electron chi connectivity index (χ0n) is 9.04. The second-order valence-electron chi connectivity index (χ2n) is 5.72. The molecule has 2 aliphatic carbocycles. The molecule has 0 radical (unpaired) electrons. The summed E-state index contributed by atoms with van der Waals surface area (Å²) in [5.74, 6) is 1.04. The van der Waals surface area contributed by atoms with E-state index in [1.54, 1.807) is 0 Å². The Bertz CT molecular complexity index is 222. The van der Waals surface area contributed by atoms with Crippen molar-refractivity contribution in [3.05, 3.63) is 0 Å². The van der Waals surface area contributed by atoms with Crippen molar-refractivity contribution >= 4 is 0 Å². The summed E-state index contributed by atoms with van der Waals surface area (Å²) in [6.07, 6.45) is 8.67. The van der Waals surface area contributed by atoms with Crippen LogP contribution in [0.15, 0.2) is 0 Å². The molecule has 2 unspecified atom stereocenters. The average molecular weight is 194 g/mol. The van der Waals surface area contributed by atoms with Gasteiger partial charge in [-0.2, -0.15) is 0 Å². The van der Waals surface area contributed by atoms with E-state index in [2.05, 4.69) is 4.90 Å². The zero-order chi connectivity index (χ0) is 9.60. The van der Waals surface area contributed by atoms with Crippen LogP contribution >= 0.6 is 0 Å². The zero-order valence-corrected chi connectivity index (χ0v) is 9.04. The van der Waals surface area contributed by atoms with Crippen LogP contribution in [-0.2, 0) is 0 Å². The Morgan fingerprint density at radius 1 is 1.21 bits per heavy atom. The molecule has 3 aliphatic rings. The van der Waals surface area contributed by atoms with Crippen molar-refractivity contribution in [2.24, 2.45) is 17.1 Å². The Morgan fingerprint density at radius 2 is 2.07 bits per heavy atom. The Morgan fingerprint density at radius 3 is 2.79 bits per heavy atom. The maximum absolute atomic E-state index is 5.86. The monoisotopic (exact) mass is 194 g/mol. The maximum Gasteiger partial charge on any atom is 0.0124 e. The highest BCUT2D eigenvalue weighted by Crippen LogP contribution is 2.48. The van der Waals surface area contributed by atoms with Gasteiger partial charge in [0.25, 0.3) is 0 Å². The van der Waals surface area contributed by atoms with E-state index in [0.29, 0.717) is 5.41 Å². The minimum Gasteiger partial charge on any atom is -0.330 e. The van der Waals surface area contributed by atoms with Gasteiger partial charge in [-0.1, -0.05) is 6.42 Å². The van der Waals surface area contributed by atoms with Gasteiger partial charge in [0.2, 0.25) is 0 Å². The van der Waals surface area contributed by atoms with Crippen LogP contribution in [0.2, 0.25) is 0 Å². The van der Waals surface area contributed by atoms with Gasteiger partial charge in [-0.25, -0.2) is 0 Å². The van der Waals surface area contributed by atoms with Crippen LogP contribution in [0.1, 0.15) is 38.5 Å². The van der Waals surface area contributed by atoms with E-state index in [1.807, 2.05) is 0 Å². The Kier molecular flexibility index (Phi) is 2.10. The van der Waals surface area contributed by atoms with Gasteiger partial charge >= 0.3 is 0 Å². The van der Waals surface area contributed by atoms with Gasteiger partial charge in [0.05, 0.1) is 0 Å². The number of rotatable bonds is 3. The normalized spacial score (nSPS) is 40.1. The van der Waals surface area contributed by atoms with Crippen LogP contribution in [-0.4, -0.2) is 30.6 Å². The summed E-state index contributed by atoms with van der Waals surface area (Å²) in [6, 6.07) is 0.944. The third-order valence-corrected chi connectivity index (χ3v) is 4.80. The van der Waals surface area contributed by atoms with Crippen LogP contribution in [0.4, 0.5) is 0 Å². The fraction of sp³-hybridized carbons (Fsp3) is 1.00. The van der Waals surface area contributed by atoms with E-state index in [1.165, 1.54) is 51.6 Å². The minimum atomic E-state index is 0.553. The van der Waals surface area contributed by atoms with E-state index in [0.717, 1.165) is 18.5 Å². The molecule has 1 heterocycles. The Balaban J connectivity index is 1.63. The highest BCUT2D eigenvalue weighted by molar-refractivity contribution is 5.00. The van der Waals surface area contributed by atoms with Crippen molar-refractivity contribution in [3.8, 4) is 0 Å². The van der Waals surface area contributed by atoms with Gasteiger partial charge in [0.1, 0.15) is 0 Å². The van der Waals surface area contributed by atoms with Crippen LogP contribution in [0, 0.1) is 11.3 Å². The summed E-state index contributed by atoms with van der Waals surface area (Å²) in [4.78, 5) is 2.76. The summed E-state index contributed by atoms with van der Waals surface area (Å²) in [7, 11) is 0. The van der Waals surface area contributed by atoms with E-state index in [-0.39, 0.29) is 0 Å². The van der Waals surface area contributed by atoms with Gasteiger partial charge in [0, 0.05) is 12.6 Å². The first-order chi connectivity index (χ1) is 6.83. The quantitative estimate of drug-likeness (QED) is 0.739. The third kappa shape index (κ3) is 1.40. The Hall–Kier alpha value is -0.0800. The molecule has 1 aliphatic heterocycles. The summed E-state index contributed by atoms with van der Waals surface area (Å²) in [5, 5.41) is 0. The maximum atomic E-state index is 5.86. The molecule has 14 heavy (non-hydrogen) atoms. The molecule has 0 aromatic rings. The van der Waals surface area contributed by atoms with Crippen molar-refractivity contribution in [2.75, 3.05) is 19.6 Å². The molecule has 80 valence electrons. The molecule has 2 saturated carbocycles. The molecule has 2 nitrogen and oxygen atoms in total. The molecule has 0 amide bonds. The third-order valence-electron chi connectivity index (χ3n) is 4.80. The summed E-state index contributed by atoms with van der Waals surface area (Å²) < 4.78 is 0.